The number of amides is 1. The zero-order valence-electron chi connectivity index (χ0n) is 17.7. The first-order chi connectivity index (χ1) is 14.2. The zero-order chi connectivity index (χ0) is 21.8. The Morgan fingerprint density at radius 1 is 1.33 bits per heavy atom. The number of benzene rings is 1. The van der Waals surface area contributed by atoms with Crippen LogP contribution in [0.25, 0.3) is 0 Å². The minimum Gasteiger partial charge on any atom is -0.487 e. The molecular weight excluding hydrogens is 409 g/mol. The maximum atomic E-state index is 14.0. The first-order valence-corrected chi connectivity index (χ1v) is 10.3. The van der Waals surface area contributed by atoms with Crippen LogP contribution in [0.4, 0.5) is 16.0 Å². The molecule has 3 rings (SSSR count). The van der Waals surface area contributed by atoms with Crippen molar-refractivity contribution in [3.63, 3.8) is 0 Å². The van der Waals surface area contributed by atoms with Gasteiger partial charge in [0.2, 0.25) is 0 Å². The van der Waals surface area contributed by atoms with Crippen LogP contribution in [0.2, 0.25) is 5.02 Å². The summed E-state index contributed by atoms with van der Waals surface area (Å²) in [6, 6.07) is 4.46. The molecule has 162 valence electrons. The molecule has 9 heteroatoms. The molecule has 30 heavy (non-hydrogen) atoms. The van der Waals surface area contributed by atoms with Gasteiger partial charge in [0.15, 0.2) is 23.2 Å². The molecule has 1 fully saturated rings. The van der Waals surface area contributed by atoms with Gasteiger partial charge in [-0.2, -0.15) is 0 Å². The first-order valence-electron chi connectivity index (χ1n) is 9.96. The number of nitrogens with zero attached hydrogens (tertiary/aromatic N) is 4. The fourth-order valence-corrected chi connectivity index (χ4v) is 3.40. The fourth-order valence-electron chi connectivity index (χ4n) is 3.24. The van der Waals surface area contributed by atoms with E-state index in [0.29, 0.717) is 48.3 Å². The lowest BCUT2D eigenvalue weighted by atomic mass is 10.1. The van der Waals surface area contributed by atoms with Gasteiger partial charge in [0, 0.05) is 57.2 Å². The number of rotatable bonds is 6. The average Bonchev–Trinajstić information content (AvgIpc) is 2.70. The van der Waals surface area contributed by atoms with Gasteiger partial charge < -0.3 is 19.9 Å². The molecule has 1 aliphatic heterocycles. The van der Waals surface area contributed by atoms with E-state index in [1.165, 1.54) is 29.3 Å². The van der Waals surface area contributed by atoms with Gasteiger partial charge in [0.05, 0.1) is 6.20 Å². The standard InChI is InChI=1S/C21H27ClFN5O2/c1-13(2)25-19-20(26-17(12-24-19)21(29)27(3)4)28-9-7-15(8-10-28)30-18-11-14(22)5-6-16(18)23/h5-6,11-13,15H,7-10H2,1-4H3,(H,24,25). The first kappa shape index (κ1) is 22.1. The molecule has 0 spiro atoms. The lowest BCUT2D eigenvalue weighted by molar-refractivity contribution is 0.0821. The molecule has 1 aromatic carbocycles. The van der Waals surface area contributed by atoms with Crippen LogP contribution in [-0.2, 0) is 0 Å². The van der Waals surface area contributed by atoms with Crippen LogP contribution in [0, 0.1) is 5.82 Å². The van der Waals surface area contributed by atoms with Gasteiger partial charge in [-0.15, -0.1) is 0 Å². The molecule has 1 saturated heterocycles. The summed E-state index contributed by atoms with van der Waals surface area (Å²) in [6.45, 7) is 5.33. The van der Waals surface area contributed by atoms with Crippen molar-refractivity contribution >= 4 is 29.1 Å². The van der Waals surface area contributed by atoms with Crippen molar-refractivity contribution in [1.29, 1.82) is 0 Å². The summed E-state index contributed by atoms with van der Waals surface area (Å²) in [5.41, 5.74) is 0.295. The van der Waals surface area contributed by atoms with E-state index in [-0.39, 0.29) is 23.8 Å². The number of anilines is 2. The van der Waals surface area contributed by atoms with Gasteiger partial charge in [-0.05, 0) is 26.0 Å². The van der Waals surface area contributed by atoms with Gasteiger partial charge in [0.25, 0.3) is 5.91 Å². The minimum absolute atomic E-state index is 0.129. The van der Waals surface area contributed by atoms with Gasteiger partial charge in [0.1, 0.15) is 11.8 Å². The number of halogens is 2. The molecule has 1 aromatic heterocycles. The fraction of sp³-hybridized carbons (Fsp3) is 0.476. The predicted molar refractivity (Wildman–Crippen MR) is 116 cm³/mol. The van der Waals surface area contributed by atoms with E-state index in [2.05, 4.69) is 20.2 Å². The molecular formula is C21H27ClFN5O2. The number of ether oxygens (including phenoxy) is 1. The number of hydrogen-bond acceptors (Lipinski definition) is 6. The van der Waals surface area contributed by atoms with E-state index < -0.39 is 5.82 Å². The largest absolute Gasteiger partial charge is 0.487 e. The normalized spacial score (nSPS) is 14.7. The number of hydrogen-bond donors (Lipinski definition) is 1. The van der Waals surface area contributed by atoms with E-state index in [9.17, 15) is 9.18 Å². The number of piperidine rings is 1. The molecule has 0 bridgehead atoms. The lowest BCUT2D eigenvalue weighted by Crippen LogP contribution is -2.39. The molecule has 1 amide bonds. The summed E-state index contributed by atoms with van der Waals surface area (Å²) in [5.74, 6) is 0.825. The Balaban J connectivity index is 1.75. The number of carbonyl (C=O) groups is 1. The van der Waals surface area contributed by atoms with Crippen molar-refractivity contribution in [3.05, 3.63) is 40.9 Å². The van der Waals surface area contributed by atoms with Crippen molar-refractivity contribution in [1.82, 2.24) is 14.9 Å². The third kappa shape index (κ3) is 5.30. The zero-order valence-corrected chi connectivity index (χ0v) is 18.4. The highest BCUT2D eigenvalue weighted by Gasteiger charge is 2.26. The molecule has 0 aliphatic carbocycles. The third-order valence-electron chi connectivity index (χ3n) is 4.73. The number of nitrogens with one attached hydrogen (secondary N) is 1. The summed E-state index contributed by atoms with van der Waals surface area (Å²) in [4.78, 5) is 24.9. The monoisotopic (exact) mass is 435 g/mol. The molecule has 0 atom stereocenters. The lowest BCUT2D eigenvalue weighted by Gasteiger charge is -2.34. The molecule has 1 N–H and O–H groups in total. The summed E-state index contributed by atoms with van der Waals surface area (Å²) < 4.78 is 19.8. The Hall–Kier alpha value is -2.61. The topological polar surface area (TPSA) is 70.6 Å². The van der Waals surface area contributed by atoms with E-state index >= 15 is 0 Å². The third-order valence-corrected chi connectivity index (χ3v) is 4.97. The van der Waals surface area contributed by atoms with Crippen LogP contribution in [0.15, 0.2) is 24.4 Å². The Morgan fingerprint density at radius 2 is 2.03 bits per heavy atom. The second kappa shape index (κ2) is 9.47. The highest BCUT2D eigenvalue weighted by atomic mass is 35.5. The van der Waals surface area contributed by atoms with Crippen molar-refractivity contribution in [3.8, 4) is 5.75 Å². The Kier molecular flexibility index (Phi) is 6.97. The Morgan fingerprint density at radius 3 is 2.67 bits per heavy atom. The Labute approximate surface area is 181 Å². The summed E-state index contributed by atoms with van der Waals surface area (Å²) in [7, 11) is 3.36. The summed E-state index contributed by atoms with van der Waals surface area (Å²) in [5, 5.41) is 3.73. The van der Waals surface area contributed by atoms with E-state index in [1.807, 2.05) is 13.8 Å². The van der Waals surface area contributed by atoms with Crippen LogP contribution in [0.3, 0.4) is 0 Å². The van der Waals surface area contributed by atoms with Crippen molar-refractivity contribution < 1.29 is 13.9 Å². The van der Waals surface area contributed by atoms with Crippen LogP contribution >= 0.6 is 11.6 Å². The molecule has 0 saturated carbocycles. The van der Waals surface area contributed by atoms with Crippen LogP contribution in [0.1, 0.15) is 37.2 Å². The molecule has 2 aromatic rings. The quantitative estimate of drug-likeness (QED) is 0.743. The number of aromatic nitrogens is 2. The highest BCUT2D eigenvalue weighted by molar-refractivity contribution is 6.30. The predicted octanol–water partition coefficient (Wildman–Crippen LogP) is 3.84. The Bertz CT molecular complexity index is 901. The second-order valence-corrected chi connectivity index (χ2v) is 8.24. The average molecular weight is 436 g/mol. The van der Waals surface area contributed by atoms with Gasteiger partial charge in [-0.25, -0.2) is 14.4 Å². The highest BCUT2D eigenvalue weighted by Crippen LogP contribution is 2.29. The van der Waals surface area contributed by atoms with Crippen LogP contribution < -0.4 is 15.0 Å². The SMILES string of the molecule is CC(C)Nc1ncc(C(=O)N(C)C)nc1N1CCC(Oc2cc(Cl)ccc2F)CC1. The molecule has 2 heterocycles. The number of carbonyl (C=O) groups excluding carboxylic acids is 1. The summed E-state index contributed by atoms with van der Waals surface area (Å²) in [6.07, 6.45) is 2.73. The van der Waals surface area contributed by atoms with Gasteiger partial charge in [-0.1, -0.05) is 11.6 Å². The van der Waals surface area contributed by atoms with E-state index in [4.69, 9.17) is 16.3 Å². The minimum atomic E-state index is -0.425. The van der Waals surface area contributed by atoms with Crippen molar-refractivity contribution in [2.75, 3.05) is 37.4 Å². The van der Waals surface area contributed by atoms with E-state index in [1.54, 1.807) is 14.1 Å². The van der Waals surface area contributed by atoms with Crippen molar-refractivity contribution in [2.45, 2.75) is 38.8 Å². The van der Waals surface area contributed by atoms with Crippen LogP contribution in [-0.4, -0.2) is 60.1 Å². The molecule has 1 aliphatic rings. The maximum Gasteiger partial charge on any atom is 0.273 e. The summed E-state index contributed by atoms with van der Waals surface area (Å²) >= 11 is 5.95. The second-order valence-electron chi connectivity index (χ2n) is 7.81. The van der Waals surface area contributed by atoms with Crippen molar-refractivity contribution in [2.24, 2.45) is 0 Å². The maximum absolute atomic E-state index is 14.0. The van der Waals surface area contributed by atoms with E-state index in [0.717, 1.165) is 0 Å². The smallest absolute Gasteiger partial charge is 0.273 e. The van der Waals surface area contributed by atoms with Gasteiger partial charge in [-0.3, -0.25) is 4.79 Å². The van der Waals surface area contributed by atoms with Gasteiger partial charge >= 0.3 is 0 Å². The molecule has 0 radical (unpaired) electrons. The van der Waals surface area contributed by atoms with Crippen LogP contribution in [0.5, 0.6) is 5.75 Å². The molecule has 7 nitrogen and oxygen atoms in total. The molecule has 0 unspecified atom stereocenters.